The van der Waals surface area contributed by atoms with E-state index in [1.165, 1.54) is 4.90 Å². The van der Waals surface area contributed by atoms with Gasteiger partial charge in [-0.15, -0.1) is 0 Å². The number of benzene rings is 1. The highest BCUT2D eigenvalue weighted by molar-refractivity contribution is 5.96. The molecule has 0 amide bonds. The van der Waals surface area contributed by atoms with Crippen molar-refractivity contribution in [1.82, 2.24) is 9.47 Å². The highest BCUT2D eigenvalue weighted by atomic mass is 19.1. The Morgan fingerprint density at radius 1 is 1.25 bits per heavy atom. The lowest BCUT2D eigenvalue weighted by Gasteiger charge is -2.34. The molecule has 3 rings (SSSR count). The van der Waals surface area contributed by atoms with E-state index in [0.29, 0.717) is 26.2 Å². The van der Waals surface area contributed by atoms with Crippen molar-refractivity contribution in [3.63, 3.8) is 0 Å². The van der Waals surface area contributed by atoms with Crippen LogP contribution in [-0.2, 0) is 6.54 Å². The lowest BCUT2D eigenvalue weighted by Crippen LogP contribution is -2.45. The Kier molecular flexibility index (Phi) is 5.38. The third kappa shape index (κ3) is 3.34. The number of halogens is 2. The summed E-state index contributed by atoms with van der Waals surface area (Å²) < 4.78 is 35.9. The predicted octanol–water partition coefficient (Wildman–Crippen LogP) is 0.663. The number of anilines is 2. The van der Waals surface area contributed by atoms with Gasteiger partial charge in [0.2, 0.25) is 5.43 Å². The van der Waals surface area contributed by atoms with Crippen LogP contribution in [0.15, 0.2) is 11.0 Å². The smallest absolute Gasteiger partial charge is 0.449 e. The molecule has 0 bridgehead atoms. The molecule has 152 valence electrons. The van der Waals surface area contributed by atoms with Crippen LogP contribution in [0, 0.1) is 11.6 Å². The maximum Gasteiger partial charge on any atom is 0.511 e. The summed E-state index contributed by atoms with van der Waals surface area (Å²) in [5.74, 6) is -2.75. The summed E-state index contributed by atoms with van der Waals surface area (Å²) in [7, 11) is 1.89. The van der Waals surface area contributed by atoms with Crippen LogP contribution in [0.1, 0.15) is 0 Å². The second-order valence-corrected chi connectivity index (χ2v) is 6.51. The van der Waals surface area contributed by atoms with Crippen molar-refractivity contribution in [3.8, 4) is 5.75 Å². The number of nitrogens with zero attached hydrogens (tertiary/aromatic N) is 3. The third-order valence-electron chi connectivity index (χ3n) is 4.74. The molecule has 0 aliphatic carbocycles. The van der Waals surface area contributed by atoms with Crippen LogP contribution in [0.4, 0.5) is 25.0 Å². The van der Waals surface area contributed by atoms with Gasteiger partial charge in [-0.3, -0.25) is 4.79 Å². The number of nitrogen functional groups attached to an aromatic ring is 1. The SMILES string of the molecule is CN1CCN(c2c(F)c(N)c3c(=O)c(OC(=O)O)cn(CCO)c3c2F)CC1. The summed E-state index contributed by atoms with van der Waals surface area (Å²) in [4.78, 5) is 26.9. The van der Waals surface area contributed by atoms with E-state index in [1.54, 1.807) is 0 Å². The molecule has 1 fully saturated rings. The molecule has 1 aliphatic heterocycles. The van der Waals surface area contributed by atoms with Gasteiger partial charge in [-0.2, -0.15) is 0 Å². The number of pyridine rings is 1. The zero-order chi connectivity index (χ0) is 20.6. The Bertz CT molecular complexity index is 986. The molecule has 0 atom stereocenters. The fraction of sp³-hybridized carbons (Fsp3) is 0.412. The van der Waals surface area contributed by atoms with E-state index in [9.17, 15) is 19.1 Å². The van der Waals surface area contributed by atoms with Gasteiger partial charge in [0.15, 0.2) is 17.4 Å². The van der Waals surface area contributed by atoms with Gasteiger partial charge in [-0.1, -0.05) is 0 Å². The molecule has 1 aliphatic rings. The first kappa shape index (κ1) is 19.8. The molecule has 28 heavy (non-hydrogen) atoms. The predicted molar refractivity (Wildman–Crippen MR) is 98.0 cm³/mol. The van der Waals surface area contributed by atoms with E-state index in [1.807, 2.05) is 11.9 Å². The number of carboxylic acid groups (broad SMARTS) is 1. The van der Waals surface area contributed by atoms with Crippen LogP contribution >= 0.6 is 0 Å². The molecule has 11 heteroatoms. The molecule has 1 aromatic carbocycles. The summed E-state index contributed by atoms with van der Waals surface area (Å²) in [6, 6.07) is 0. The Balaban J connectivity index is 2.31. The van der Waals surface area contributed by atoms with E-state index in [-0.39, 0.29) is 17.7 Å². The second kappa shape index (κ2) is 7.60. The Labute approximate surface area is 158 Å². The molecule has 2 heterocycles. The monoisotopic (exact) mass is 398 g/mol. The Morgan fingerprint density at radius 3 is 2.46 bits per heavy atom. The number of aromatic nitrogens is 1. The highest BCUT2D eigenvalue weighted by Gasteiger charge is 2.29. The summed E-state index contributed by atoms with van der Waals surface area (Å²) in [6.07, 6.45) is -0.802. The van der Waals surface area contributed by atoms with E-state index in [4.69, 9.17) is 10.8 Å². The van der Waals surface area contributed by atoms with Crippen LogP contribution < -0.4 is 20.8 Å². The maximum absolute atomic E-state index is 15.4. The topological polar surface area (TPSA) is 121 Å². The summed E-state index contributed by atoms with van der Waals surface area (Å²) in [6.45, 7) is 1.28. The number of rotatable bonds is 4. The van der Waals surface area contributed by atoms with Crippen LogP contribution in [0.3, 0.4) is 0 Å². The number of aliphatic hydroxyl groups is 1. The third-order valence-corrected chi connectivity index (χ3v) is 4.74. The molecule has 1 aromatic heterocycles. The van der Waals surface area contributed by atoms with Crippen molar-refractivity contribution >= 4 is 28.4 Å². The van der Waals surface area contributed by atoms with Gasteiger partial charge < -0.3 is 35.1 Å². The molecular formula is C17H20F2N4O5. The number of carbonyl (C=O) groups is 1. The summed E-state index contributed by atoms with van der Waals surface area (Å²) in [5.41, 5.74) is 3.52. The van der Waals surface area contributed by atoms with Crippen molar-refractivity contribution in [1.29, 1.82) is 0 Å². The van der Waals surface area contributed by atoms with Gasteiger partial charge in [0.05, 0.1) is 29.4 Å². The first-order valence-electron chi connectivity index (χ1n) is 8.55. The van der Waals surface area contributed by atoms with Gasteiger partial charge >= 0.3 is 6.16 Å². The molecule has 0 unspecified atom stereocenters. The highest BCUT2D eigenvalue weighted by Crippen LogP contribution is 2.36. The van der Waals surface area contributed by atoms with Gasteiger partial charge in [-0.25, -0.2) is 13.6 Å². The van der Waals surface area contributed by atoms with Gasteiger partial charge in [-0.05, 0) is 7.05 Å². The fourth-order valence-corrected chi connectivity index (χ4v) is 3.33. The first-order valence-corrected chi connectivity index (χ1v) is 8.55. The molecule has 0 radical (unpaired) electrons. The lowest BCUT2D eigenvalue weighted by molar-refractivity contribution is 0.143. The Hall–Kier alpha value is -2.92. The minimum absolute atomic E-state index is 0.184. The molecule has 0 saturated carbocycles. The number of ether oxygens (including phenoxy) is 1. The van der Waals surface area contributed by atoms with Crippen molar-refractivity contribution < 1.29 is 28.5 Å². The minimum Gasteiger partial charge on any atom is -0.449 e. The number of piperazine rings is 1. The molecule has 1 saturated heterocycles. The maximum atomic E-state index is 15.4. The van der Waals surface area contributed by atoms with E-state index in [2.05, 4.69) is 4.74 Å². The van der Waals surface area contributed by atoms with Gasteiger partial charge in [0.25, 0.3) is 0 Å². The van der Waals surface area contributed by atoms with Crippen LogP contribution in [0.2, 0.25) is 0 Å². The Morgan fingerprint density at radius 2 is 1.89 bits per heavy atom. The number of nitrogens with two attached hydrogens (primary N) is 1. The van der Waals surface area contributed by atoms with Crippen molar-refractivity contribution in [3.05, 3.63) is 28.1 Å². The van der Waals surface area contributed by atoms with E-state index < -0.39 is 46.6 Å². The molecule has 4 N–H and O–H groups in total. The van der Waals surface area contributed by atoms with Crippen molar-refractivity contribution in [2.75, 3.05) is 50.5 Å². The van der Waals surface area contributed by atoms with E-state index >= 15 is 4.39 Å². The average Bonchev–Trinajstić information content (AvgIpc) is 2.63. The van der Waals surface area contributed by atoms with Crippen LogP contribution in [0.25, 0.3) is 10.9 Å². The number of likely N-dealkylation sites (N-methyl/N-ethyl adjacent to an activating group) is 1. The van der Waals surface area contributed by atoms with Crippen LogP contribution in [0.5, 0.6) is 5.75 Å². The van der Waals surface area contributed by atoms with E-state index in [0.717, 1.165) is 10.8 Å². The van der Waals surface area contributed by atoms with Crippen molar-refractivity contribution in [2.45, 2.75) is 6.54 Å². The fourth-order valence-electron chi connectivity index (χ4n) is 3.33. The summed E-state index contributed by atoms with van der Waals surface area (Å²) >= 11 is 0. The zero-order valence-electron chi connectivity index (χ0n) is 15.1. The van der Waals surface area contributed by atoms with Gasteiger partial charge in [0, 0.05) is 32.7 Å². The number of fused-ring (bicyclic) bond motifs is 1. The lowest BCUT2D eigenvalue weighted by atomic mass is 10.1. The summed E-state index contributed by atoms with van der Waals surface area (Å²) in [5, 5.41) is 17.5. The number of aliphatic hydroxyl groups excluding tert-OH is 1. The normalized spacial score (nSPS) is 15.2. The first-order chi connectivity index (χ1) is 13.3. The molecule has 2 aromatic rings. The zero-order valence-corrected chi connectivity index (χ0v) is 15.1. The second-order valence-electron chi connectivity index (χ2n) is 6.51. The number of hydrogen-bond acceptors (Lipinski definition) is 7. The van der Waals surface area contributed by atoms with Crippen LogP contribution in [-0.4, -0.2) is 65.7 Å². The average molecular weight is 398 g/mol. The quantitative estimate of drug-likeness (QED) is 0.507. The number of hydrogen-bond donors (Lipinski definition) is 3. The molecule has 0 spiro atoms. The minimum atomic E-state index is -1.76. The van der Waals surface area contributed by atoms with Crippen molar-refractivity contribution in [2.24, 2.45) is 0 Å². The van der Waals surface area contributed by atoms with Gasteiger partial charge in [0.1, 0.15) is 5.69 Å². The molecular weight excluding hydrogens is 378 g/mol. The standard InChI is InChI=1S/C17H20F2N4O5/c1-21-2-4-22(5-3-21)15-11(18)13(20)10-14(12(15)19)23(6-7-24)8-9(16(10)25)28-17(26)27/h8,24H,2-7,20H2,1H3,(H,26,27). The molecule has 9 nitrogen and oxygen atoms in total. The largest absolute Gasteiger partial charge is 0.511 e.